The van der Waals surface area contributed by atoms with Crippen LogP contribution in [0.2, 0.25) is 0 Å². The summed E-state index contributed by atoms with van der Waals surface area (Å²) in [5.74, 6) is 1.24. The van der Waals surface area contributed by atoms with Crippen molar-refractivity contribution in [2.24, 2.45) is 16.1 Å². The molecule has 2 aromatic rings. The molecule has 244 valence electrons. The number of rotatable bonds is 10. The lowest BCUT2D eigenvalue weighted by Crippen LogP contribution is -2.54. The van der Waals surface area contributed by atoms with Gasteiger partial charge in [0, 0.05) is 37.9 Å². The summed E-state index contributed by atoms with van der Waals surface area (Å²) >= 11 is 0. The largest absolute Gasteiger partial charge is 0.493 e. The van der Waals surface area contributed by atoms with Gasteiger partial charge in [0.15, 0.2) is 23.0 Å². The van der Waals surface area contributed by atoms with Gasteiger partial charge in [-0.1, -0.05) is 26.0 Å². The standard InChI is InChI=1S/C34H41N5O7/c1-20-15-34(35)18-36-23-13-28(26(43-4)11-21(23)32(42)39(34)17-20)45-9-7-6-8-10-46-29-14-24-22(12-27(29)44-5)31(41)38-19-33(2,3)16-25(38)30(40)37-24/h11-14,18,25H,1,6-10,15-17,19,35H2,2-5H3,(H,37,40)/t25-,34-/m0/s1. The minimum atomic E-state index is -0.994. The number of hydrogen-bond acceptors (Lipinski definition) is 9. The molecule has 3 amide bonds. The van der Waals surface area contributed by atoms with Crippen LogP contribution in [0.15, 0.2) is 41.4 Å². The minimum Gasteiger partial charge on any atom is -0.493 e. The molecule has 2 aromatic carbocycles. The minimum absolute atomic E-state index is 0.128. The Labute approximate surface area is 268 Å². The maximum absolute atomic E-state index is 13.4. The monoisotopic (exact) mass is 631 g/mol. The van der Waals surface area contributed by atoms with Crippen LogP contribution in [-0.2, 0) is 4.79 Å². The van der Waals surface area contributed by atoms with Crippen LogP contribution in [0.1, 0.15) is 66.7 Å². The van der Waals surface area contributed by atoms with Gasteiger partial charge in [-0.3, -0.25) is 19.4 Å². The SMILES string of the molecule is C=C1CN2C(=O)c3cc(OC)c(OCCCCCOc4cc5c(cc4OC)C(=O)N4CC(C)(C)C[C@H]4C(=O)N5)cc3N=C[C@]2(N)C1. The first-order valence-electron chi connectivity index (χ1n) is 15.6. The maximum Gasteiger partial charge on any atom is 0.258 e. The molecule has 0 unspecified atom stereocenters. The first kappa shape index (κ1) is 31.4. The Morgan fingerprint density at radius 3 is 2.26 bits per heavy atom. The predicted octanol–water partition coefficient (Wildman–Crippen LogP) is 4.30. The van der Waals surface area contributed by atoms with E-state index in [2.05, 4.69) is 30.7 Å². The number of benzene rings is 2. The molecular weight excluding hydrogens is 590 g/mol. The molecular formula is C34H41N5O7. The van der Waals surface area contributed by atoms with Gasteiger partial charge in [-0.05, 0) is 43.2 Å². The van der Waals surface area contributed by atoms with Gasteiger partial charge in [0.05, 0.1) is 49.9 Å². The van der Waals surface area contributed by atoms with Crippen LogP contribution in [0.3, 0.4) is 0 Å². The van der Waals surface area contributed by atoms with E-state index in [0.717, 1.165) is 24.8 Å². The molecule has 12 heteroatoms. The highest BCUT2D eigenvalue weighted by Gasteiger charge is 2.46. The molecule has 0 spiro atoms. The molecule has 0 radical (unpaired) electrons. The van der Waals surface area contributed by atoms with Crippen LogP contribution >= 0.6 is 0 Å². The number of nitrogens with two attached hydrogens (primary N) is 1. The molecule has 6 rings (SSSR count). The zero-order valence-electron chi connectivity index (χ0n) is 26.8. The van der Waals surface area contributed by atoms with Crippen LogP contribution in [0.4, 0.5) is 11.4 Å². The lowest BCUT2D eigenvalue weighted by atomic mass is 9.90. The molecule has 46 heavy (non-hydrogen) atoms. The average molecular weight is 632 g/mol. The van der Waals surface area contributed by atoms with Crippen LogP contribution in [0, 0.1) is 5.41 Å². The topological polar surface area (TPSA) is 145 Å². The van der Waals surface area contributed by atoms with E-state index in [0.29, 0.717) is 84.6 Å². The average Bonchev–Trinajstić information content (AvgIpc) is 3.47. The highest BCUT2D eigenvalue weighted by Crippen LogP contribution is 2.42. The van der Waals surface area contributed by atoms with Crippen molar-refractivity contribution < 1.29 is 33.3 Å². The van der Waals surface area contributed by atoms with Gasteiger partial charge in [-0.15, -0.1) is 0 Å². The summed E-state index contributed by atoms with van der Waals surface area (Å²) in [6.07, 6.45) is 4.98. The molecule has 12 nitrogen and oxygen atoms in total. The maximum atomic E-state index is 13.4. The Hall–Kier alpha value is -4.58. The number of methoxy groups -OCH3 is 2. The molecule has 4 heterocycles. The molecule has 4 aliphatic rings. The molecule has 2 saturated heterocycles. The first-order chi connectivity index (χ1) is 21.9. The number of nitrogens with one attached hydrogen (secondary N) is 1. The van der Waals surface area contributed by atoms with Crippen molar-refractivity contribution in [2.45, 2.75) is 57.7 Å². The second-order valence-corrected chi connectivity index (χ2v) is 13.2. The Morgan fingerprint density at radius 2 is 1.59 bits per heavy atom. The number of nitrogens with zero attached hydrogens (tertiary/aromatic N) is 3. The normalized spacial score (nSPS) is 22.8. The molecule has 3 N–H and O–H groups in total. The number of ether oxygens (including phenoxy) is 4. The fourth-order valence-electron chi connectivity index (χ4n) is 6.67. The number of aliphatic imine (C=N–C) groups is 1. The highest BCUT2D eigenvalue weighted by atomic mass is 16.5. The second kappa shape index (κ2) is 12.0. The van der Waals surface area contributed by atoms with Gasteiger partial charge < -0.3 is 39.8 Å². The van der Waals surface area contributed by atoms with E-state index < -0.39 is 11.7 Å². The van der Waals surface area contributed by atoms with E-state index in [-0.39, 0.29) is 23.1 Å². The van der Waals surface area contributed by atoms with E-state index >= 15 is 0 Å². The summed E-state index contributed by atoms with van der Waals surface area (Å²) in [6, 6.07) is 6.19. The predicted molar refractivity (Wildman–Crippen MR) is 173 cm³/mol. The summed E-state index contributed by atoms with van der Waals surface area (Å²) in [7, 11) is 3.06. The van der Waals surface area contributed by atoms with Gasteiger partial charge in [0.1, 0.15) is 11.7 Å². The highest BCUT2D eigenvalue weighted by molar-refractivity contribution is 6.11. The summed E-state index contributed by atoms with van der Waals surface area (Å²) < 4.78 is 23.2. The number of anilines is 1. The fourth-order valence-corrected chi connectivity index (χ4v) is 6.67. The summed E-state index contributed by atoms with van der Waals surface area (Å²) in [6.45, 7) is 9.85. The number of fused-ring (bicyclic) bond motifs is 4. The third-order valence-corrected chi connectivity index (χ3v) is 8.98. The van der Waals surface area contributed by atoms with E-state index in [9.17, 15) is 14.4 Å². The van der Waals surface area contributed by atoms with Crippen molar-refractivity contribution in [3.8, 4) is 23.0 Å². The van der Waals surface area contributed by atoms with Gasteiger partial charge in [-0.2, -0.15) is 0 Å². The lowest BCUT2D eigenvalue weighted by Gasteiger charge is -2.29. The van der Waals surface area contributed by atoms with E-state index in [1.54, 1.807) is 40.3 Å². The Kier molecular flexibility index (Phi) is 8.18. The lowest BCUT2D eigenvalue weighted by molar-refractivity contribution is -0.119. The van der Waals surface area contributed by atoms with Crippen molar-refractivity contribution in [1.82, 2.24) is 9.80 Å². The van der Waals surface area contributed by atoms with E-state index in [1.165, 1.54) is 14.2 Å². The zero-order chi connectivity index (χ0) is 32.8. The van der Waals surface area contributed by atoms with Crippen LogP contribution in [0.5, 0.6) is 23.0 Å². The number of carbonyl (C=O) groups is 3. The molecule has 4 aliphatic heterocycles. The molecule has 0 bridgehead atoms. The summed E-state index contributed by atoms with van der Waals surface area (Å²) in [5, 5.41) is 2.93. The fraction of sp³-hybridized carbons (Fsp3) is 0.471. The Morgan fingerprint density at radius 1 is 0.935 bits per heavy atom. The third kappa shape index (κ3) is 5.77. The number of unbranched alkanes of at least 4 members (excludes halogenated alkanes) is 2. The number of amides is 3. The number of carbonyl (C=O) groups excluding carboxylic acids is 3. The Balaban J connectivity index is 1.04. The van der Waals surface area contributed by atoms with E-state index in [4.69, 9.17) is 24.7 Å². The molecule has 0 saturated carbocycles. The molecule has 2 fully saturated rings. The second-order valence-electron chi connectivity index (χ2n) is 13.2. The third-order valence-electron chi connectivity index (χ3n) is 8.98. The first-order valence-corrected chi connectivity index (χ1v) is 15.6. The van der Waals surface area contributed by atoms with Gasteiger partial charge in [0.25, 0.3) is 11.8 Å². The number of hydrogen-bond donors (Lipinski definition) is 2. The zero-order valence-corrected chi connectivity index (χ0v) is 26.8. The van der Waals surface area contributed by atoms with Gasteiger partial charge in [0.2, 0.25) is 5.91 Å². The smallest absolute Gasteiger partial charge is 0.258 e. The Bertz CT molecular complexity index is 1640. The van der Waals surface area contributed by atoms with Gasteiger partial charge >= 0.3 is 0 Å². The van der Waals surface area contributed by atoms with Crippen LogP contribution in [-0.4, -0.2) is 86.0 Å². The van der Waals surface area contributed by atoms with Crippen LogP contribution in [0.25, 0.3) is 0 Å². The van der Waals surface area contributed by atoms with Crippen molar-refractivity contribution in [3.05, 3.63) is 47.5 Å². The molecule has 0 aliphatic carbocycles. The molecule has 2 atom stereocenters. The molecule has 0 aromatic heterocycles. The van der Waals surface area contributed by atoms with Crippen molar-refractivity contribution in [2.75, 3.05) is 45.8 Å². The summed E-state index contributed by atoms with van der Waals surface area (Å²) in [4.78, 5) is 47.5. The van der Waals surface area contributed by atoms with Gasteiger partial charge in [-0.25, -0.2) is 0 Å². The van der Waals surface area contributed by atoms with Crippen molar-refractivity contribution >= 4 is 35.3 Å². The summed E-state index contributed by atoms with van der Waals surface area (Å²) in [5.41, 5.74) is 7.95. The van der Waals surface area contributed by atoms with Crippen molar-refractivity contribution in [3.63, 3.8) is 0 Å². The quantitative estimate of drug-likeness (QED) is 0.292. The van der Waals surface area contributed by atoms with Crippen LogP contribution < -0.4 is 30.0 Å². The van der Waals surface area contributed by atoms with Crippen molar-refractivity contribution in [1.29, 1.82) is 0 Å². The van der Waals surface area contributed by atoms with E-state index in [1.807, 2.05) is 0 Å².